The van der Waals surface area contributed by atoms with Crippen LogP contribution >= 0.6 is 0 Å². The normalized spacial score (nSPS) is 12.0. The van der Waals surface area contributed by atoms with E-state index in [0.717, 1.165) is 16.8 Å². The first-order valence-corrected chi connectivity index (χ1v) is 8.95. The van der Waals surface area contributed by atoms with Crippen molar-refractivity contribution in [2.75, 3.05) is 31.5 Å². The highest BCUT2D eigenvalue weighted by molar-refractivity contribution is 5.93. The van der Waals surface area contributed by atoms with E-state index in [0.29, 0.717) is 17.6 Å². The second-order valence-electron chi connectivity index (χ2n) is 7.69. The summed E-state index contributed by atoms with van der Waals surface area (Å²) in [4.78, 5) is 24.9. The van der Waals surface area contributed by atoms with Crippen molar-refractivity contribution in [3.05, 3.63) is 29.3 Å². The van der Waals surface area contributed by atoms with Gasteiger partial charge in [-0.2, -0.15) is 0 Å². The van der Waals surface area contributed by atoms with Gasteiger partial charge in [0.2, 0.25) is 0 Å². The summed E-state index contributed by atoms with van der Waals surface area (Å²) in [5, 5.41) is 3.02. The number of likely N-dealkylation sites (N-methyl/N-ethyl adjacent to an activating group) is 1. The van der Waals surface area contributed by atoms with E-state index in [1.807, 2.05) is 66.7 Å². The lowest BCUT2D eigenvalue weighted by Gasteiger charge is -2.36. The minimum atomic E-state index is -0.519. The first-order chi connectivity index (χ1) is 11.5. The number of esters is 1. The molecule has 1 amide bonds. The van der Waals surface area contributed by atoms with Crippen LogP contribution in [0.25, 0.3) is 0 Å². The minimum Gasteiger partial charge on any atom is -0.456 e. The average molecular weight is 349 g/mol. The van der Waals surface area contributed by atoms with Gasteiger partial charge in [-0.15, -0.1) is 0 Å². The lowest BCUT2D eigenvalue weighted by atomic mass is 10.1. The maximum Gasteiger partial charge on any atom is 0.362 e. The van der Waals surface area contributed by atoms with Gasteiger partial charge in [0.15, 0.2) is 13.1 Å². The zero-order valence-corrected chi connectivity index (χ0v) is 16.7. The Morgan fingerprint density at radius 2 is 1.56 bits per heavy atom. The van der Waals surface area contributed by atoms with Crippen LogP contribution in [-0.2, 0) is 14.3 Å². The van der Waals surface area contributed by atoms with Gasteiger partial charge < -0.3 is 14.5 Å². The number of carbonyl (C=O) groups is 2. The van der Waals surface area contributed by atoms with Crippen LogP contribution in [0.15, 0.2) is 18.2 Å². The van der Waals surface area contributed by atoms with Crippen LogP contribution in [0.3, 0.4) is 0 Å². The minimum absolute atomic E-state index is 0.0790. The van der Waals surface area contributed by atoms with Crippen molar-refractivity contribution < 1.29 is 18.8 Å². The molecule has 25 heavy (non-hydrogen) atoms. The van der Waals surface area contributed by atoms with E-state index in [9.17, 15) is 9.59 Å². The van der Waals surface area contributed by atoms with E-state index in [4.69, 9.17) is 4.74 Å². The van der Waals surface area contributed by atoms with Gasteiger partial charge in [-0.1, -0.05) is 18.2 Å². The third-order valence-corrected chi connectivity index (χ3v) is 4.45. The predicted molar refractivity (Wildman–Crippen MR) is 101 cm³/mol. The van der Waals surface area contributed by atoms with Crippen molar-refractivity contribution in [3.63, 3.8) is 0 Å². The first kappa shape index (κ1) is 21.2. The van der Waals surface area contributed by atoms with Crippen LogP contribution in [0, 0.1) is 13.8 Å². The Hall–Kier alpha value is -1.88. The second kappa shape index (κ2) is 8.48. The van der Waals surface area contributed by atoms with Gasteiger partial charge in [0, 0.05) is 5.69 Å². The number of nitrogens with zero attached hydrogens (tertiary/aromatic N) is 1. The molecular formula is C20H33N2O3+. The summed E-state index contributed by atoms with van der Waals surface area (Å²) >= 11 is 0. The molecule has 0 atom stereocenters. The Balaban J connectivity index is 2.86. The summed E-state index contributed by atoms with van der Waals surface area (Å²) in [7, 11) is 0. The van der Waals surface area contributed by atoms with Crippen molar-refractivity contribution in [3.8, 4) is 0 Å². The molecule has 0 saturated heterocycles. The molecule has 1 rings (SSSR count). The number of amides is 1. The number of aryl methyl sites for hydroxylation is 2. The Morgan fingerprint density at radius 3 is 2.00 bits per heavy atom. The molecule has 1 N–H and O–H groups in total. The lowest BCUT2D eigenvalue weighted by Crippen LogP contribution is -2.55. The molecule has 1 aromatic rings. The summed E-state index contributed by atoms with van der Waals surface area (Å²) < 4.78 is 5.83. The van der Waals surface area contributed by atoms with E-state index in [1.54, 1.807) is 0 Å². The van der Waals surface area contributed by atoms with Crippen molar-refractivity contribution in [2.24, 2.45) is 0 Å². The SMILES string of the molecule is CC[N+](CC)(CC(=O)Nc1c(C)cccc1C)CC(=O)OC(C)(C)C. The third-order valence-electron chi connectivity index (χ3n) is 4.45. The number of anilines is 1. The Labute approximate surface area is 151 Å². The van der Waals surface area contributed by atoms with Crippen LogP contribution in [0.5, 0.6) is 0 Å². The molecule has 0 aliphatic rings. The Morgan fingerprint density at radius 1 is 1.04 bits per heavy atom. The molecule has 5 heteroatoms. The fourth-order valence-corrected chi connectivity index (χ4v) is 2.87. The first-order valence-electron chi connectivity index (χ1n) is 8.95. The molecule has 5 nitrogen and oxygen atoms in total. The lowest BCUT2D eigenvalue weighted by molar-refractivity contribution is -0.910. The van der Waals surface area contributed by atoms with Crippen LogP contribution in [0.4, 0.5) is 5.69 Å². The molecule has 0 spiro atoms. The highest BCUT2D eigenvalue weighted by Crippen LogP contribution is 2.20. The zero-order valence-electron chi connectivity index (χ0n) is 16.7. The number of benzene rings is 1. The molecule has 0 fully saturated rings. The maximum absolute atomic E-state index is 12.6. The van der Waals surface area contributed by atoms with Gasteiger partial charge in [-0.25, -0.2) is 4.79 Å². The van der Waals surface area contributed by atoms with Gasteiger partial charge >= 0.3 is 5.97 Å². The smallest absolute Gasteiger partial charge is 0.362 e. The number of hydrogen-bond donors (Lipinski definition) is 1. The largest absolute Gasteiger partial charge is 0.456 e. The number of nitrogens with one attached hydrogen (secondary N) is 1. The van der Waals surface area contributed by atoms with Crippen molar-refractivity contribution in [2.45, 2.75) is 54.1 Å². The number of carbonyl (C=O) groups excluding carboxylic acids is 2. The standard InChI is InChI=1S/C20H32N2O3/c1-8-22(9-2,14-18(24)25-20(5,6)7)13-17(23)21-19-15(3)11-10-12-16(19)4/h10-12H,8-9,13-14H2,1-7H3/p+1. The molecule has 0 aliphatic carbocycles. The van der Waals surface area contributed by atoms with Gasteiger partial charge in [0.1, 0.15) is 5.60 Å². The van der Waals surface area contributed by atoms with E-state index in [1.165, 1.54) is 0 Å². The summed E-state index contributed by atoms with van der Waals surface area (Å²) in [5.41, 5.74) is 2.41. The maximum atomic E-state index is 12.6. The molecule has 0 saturated carbocycles. The third kappa shape index (κ3) is 6.50. The number of para-hydroxylation sites is 1. The van der Waals surface area contributed by atoms with Crippen molar-refractivity contribution in [1.29, 1.82) is 0 Å². The Kier molecular flexibility index (Phi) is 7.17. The van der Waals surface area contributed by atoms with Gasteiger partial charge in [0.25, 0.3) is 5.91 Å². The van der Waals surface area contributed by atoms with E-state index < -0.39 is 5.60 Å². The number of rotatable bonds is 7. The molecule has 0 aromatic heterocycles. The molecule has 0 aliphatic heterocycles. The molecule has 0 radical (unpaired) electrons. The second-order valence-corrected chi connectivity index (χ2v) is 7.69. The van der Waals surface area contributed by atoms with E-state index in [-0.39, 0.29) is 25.0 Å². The quantitative estimate of drug-likeness (QED) is 0.606. The van der Waals surface area contributed by atoms with Gasteiger partial charge in [-0.3, -0.25) is 4.79 Å². The number of ether oxygens (including phenoxy) is 1. The van der Waals surface area contributed by atoms with Crippen LogP contribution in [0.2, 0.25) is 0 Å². The molecule has 0 heterocycles. The Bertz CT molecular complexity index is 594. The van der Waals surface area contributed by atoms with E-state index >= 15 is 0 Å². The fourth-order valence-electron chi connectivity index (χ4n) is 2.87. The van der Waals surface area contributed by atoms with Gasteiger partial charge in [-0.05, 0) is 59.6 Å². The number of quaternary nitrogens is 1. The van der Waals surface area contributed by atoms with Crippen LogP contribution in [-0.4, -0.2) is 48.1 Å². The monoisotopic (exact) mass is 349 g/mol. The summed E-state index contributed by atoms with van der Waals surface area (Å²) in [6, 6.07) is 5.93. The summed E-state index contributed by atoms with van der Waals surface area (Å²) in [5.74, 6) is -0.347. The average Bonchev–Trinajstić information content (AvgIpc) is 2.48. The summed E-state index contributed by atoms with van der Waals surface area (Å²) in [6.45, 7) is 15.3. The zero-order chi connectivity index (χ0) is 19.3. The predicted octanol–water partition coefficient (Wildman–Crippen LogP) is 3.44. The van der Waals surface area contributed by atoms with Crippen molar-refractivity contribution >= 4 is 17.6 Å². The molecule has 140 valence electrons. The topological polar surface area (TPSA) is 55.4 Å². The van der Waals surface area contributed by atoms with Crippen LogP contribution in [0.1, 0.15) is 45.7 Å². The highest BCUT2D eigenvalue weighted by atomic mass is 16.6. The molecule has 0 unspecified atom stereocenters. The number of hydrogen-bond acceptors (Lipinski definition) is 3. The summed E-state index contributed by atoms with van der Waals surface area (Å²) in [6.07, 6.45) is 0. The van der Waals surface area contributed by atoms with Gasteiger partial charge in [0.05, 0.1) is 13.1 Å². The highest BCUT2D eigenvalue weighted by Gasteiger charge is 2.32. The van der Waals surface area contributed by atoms with Crippen LogP contribution < -0.4 is 5.32 Å². The molecule has 0 bridgehead atoms. The molecule has 1 aromatic carbocycles. The van der Waals surface area contributed by atoms with E-state index in [2.05, 4.69) is 5.32 Å². The fraction of sp³-hybridized carbons (Fsp3) is 0.600. The van der Waals surface area contributed by atoms with Crippen molar-refractivity contribution in [1.82, 2.24) is 0 Å². The molecular weight excluding hydrogens is 316 g/mol.